The third-order valence-electron chi connectivity index (χ3n) is 4.61. The van der Waals surface area contributed by atoms with Crippen molar-refractivity contribution in [3.8, 4) is 5.75 Å². The number of ketones is 1. The lowest BCUT2D eigenvalue weighted by Gasteiger charge is -2.28. The molecule has 0 spiro atoms. The second-order valence-corrected chi connectivity index (χ2v) is 6.48. The van der Waals surface area contributed by atoms with Crippen LogP contribution in [0, 0.1) is 0 Å². The number of benzene rings is 2. The number of hydrogen-bond donors (Lipinski definition) is 3. The van der Waals surface area contributed by atoms with E-state index in [0.717, 1.165) is 0 Å². The van der Waals surface area contributed by atoms with Gasteiger partial charge in [0.2, 0.25) is 5.78 Å². The minimum Gasteiger partial charge on any atom is -0.508 e. The standard InChI is InChI=1S/C21H16N2O5/c1-11-17(18(23-21(27)22-11)12-5-3-2-4-6-12)19(25)15-10-13-9-14(24)7-8-16(13)28-20(15)26/h2-10,18,24H,1H3,(H2,22,23,27). The first kappa shape index (κ1) is 17.5. The number of fused-ring (bicyclic) bond motifs is 1. The van der Waals surface area contributed by atoms with Crippen molar-refractivity contribution in [2.24, 2.45) is 0 Å². The molecule has 0 radical (unpaired) electrons. The third kappa shape index (κ3) is 3.03. The molecule has 1 unspecified atom stereocenters. The molecule has 2 aromatic carbocycles. The fraction of sp³-hybridized carbons (Fsp3) is 0.0952. The topological polar surface area (TPSA) is 109 Å². The van der Waals surface area contributed by atoms with Crippen molar-refractivity contribution < 1.29 is 19.1 Å². The molecule has 3 N–H and O–H groups in total. The zero-order valence-electron chi connectivity index (χ0n) is 14.9. The van der Waals surface area contributed by atoms with Gasteiger partial charge in [-0.15, -0.1) is 0 Å². The van der Waals surface area contributed by atoms with E-state index in [1.54, 1.807) is 31.2 Å². The monoisotopic (exact) mass is 376 g/mol. The van der Waals surface area contributed by atoms with Crippen LogP contribution in [0.4, 0.5) is 4.79 Å². The van der Waals surface area contributed by atoms with Gasteiger partial charge in [-0.3, -0.25) is 4.79 Å². The normalized spacial score (nSPS) is 16.6. The first-order chi connectivity index (χ1) is 13.4. The smallest absolute Gasteiger partial charge is 0.347 e. The van der Waals surface area contributed by atoms with Gasteiger partial charge in [0.1, 0.15) is 16.9 Å². The Morgan fingerprint density at radius 2 is 1.82 bits per heavy atom. The molecule has 28 heavy (non-hydrogen) atoms. The summed E-state index contributed by atoms with van der Waals surface area (Å²) in [6.07, 6.45) is 0. The minimum absolute atomic E-state index is 0.0103. The first-order valence-electron chi connectivity index (χ1n) is 8.59. The lowest BCUT2D eigenvalue weighted by Crippen LogP contribution is -2.45. The second-order valence-electron chi connectivity index (χ2n) is 6.48. The molecule has 0 aliphatic carbocycles. The van der Waals surface area contributed by atoms with E-state index in [4.69, 9.17) is 4.42 Å². The van der Waals surface area contributed by atoms with Crippen LogP contribution in [0.15, 0.2) is 75.1 Å². The van der Waals surface area contributed by atoms with Crippen LogP contribution in [-0.2, 0) is 0 Å². The van der Waals surface area contributed by atoms with Crippen LogP contribution in [0.1, 0.15) is 28.9 Å². The Labute approximate surface area is 159 Å². The Hall–Kier alpha value is -3.87. The number of phenolic OH excluding ortho intramolecular Hbond substituents is 1. The summed E-state index contributed by atoms with van der Waals surface area (Å²) in [6, 6.07) is 13.5. The number of hydrogen-bond acceptors (Lipinski definition) is 5. The molecule has 1 atom stereocenters. The Kier molecular flexibility index (Phi) is 4.19. The van der Waals surface area contributed by atoms with Gasteiger partial charge >= 0.3 is 11.7 Å². The van der Waals surface area contributed by atoms with Crippen molar-refractivity contribution in [3.63, 3.8) is 0 Å². The number of aromatic hydroxyl groups is 1. The van der Waals surface area contributed by atoms with Gasteiger partial charge in [0.15, 0.2) is 0 Å². The Balaban J connectivity index is 1.86. The van der Waals surface area contributed by atoms with Gasteiger partial charge in [-0.1, -0.05) is 30.3 Å². The molecule has 0 saturated heterocycles. The van der Waals surface area contributed by atoms with Crippen molar-refractivity contribution in [2.75, 3.05) is 0 Å². The highest BCUT2D eigenvalue weighted by molar-refractivity contribution is 6.12. The Morgan fingerprint density at radius 1 is 1.07 bits per heavy atom. The predicted molar refractivity (Wildman–Crippen MR) is 102 cm³/mol. The highest BCUT2D eigenvalue weighted by atomic mass is 16.4. The number of rotatable bonds is 3. The fourth-order valence-electron chi connectivity index (χ4n) is 3.30. The van der Waals surface area contributed by atoms with Crippen molar-refractivity contribution >= 4 is 22.8 Å². The van der Waals surface area contributed by atoms with Gasteiger partial charge in [0, 0.05) is 16.7 Å². The molecule has 7 nitrogen and oxygen atoms in total. The molecular formula is C21H16N2O5. The number of urea groups is 1. The van der Waals surface area contributed by atoms with Crippen LogP contribution in [0.2, 0.25) is 0 Å². The van der Waals surface area contributed by atoms with E-state index in [-0.39, 0.29) is 22.5 Å². The van der Waals surface area contributed by atoms with Crippen LogP contribution >= 0.6 is 0 Å². The quantitative estimate of drug-likeness (QED) is 0.481. The van der Waals surface area contributed by atoms with Crippen LogP contribution < -0.4 is 16.3 Å². The number of Topliss-reactive ketones (excluding diaryl/α,β-unsaturated/α-hetero) is 1. The maximum Gasteiger partial charge on any atom is 0.347 e. The molecule has 4 rings (SSSR count). The van der Waals surface area contributed by atoms with Crippen LogP contribution in [0.5, 0.6) is 5.75 Å². The molecular weight excluding hydrogens is 360 g/mol. The molecule has 2 heterocycles. The van der Waals surface area contributed by atoms with Gasteiger partial charge in [0.05, 0.1) is 6.04 Å². The number of nitrogens with one attached hydrogen (secondary N) is 2. The molecule has 1 aliphatic heterocycles. The highest BCUT2D eigenvalue weighted by Gasteiger charge is 2.33. The van der Waals surface area contributed by atoms with Crippen LogP contribution in [0.3, 0.4) is 0 Å². The van der Waals surface area contributed by atoms with Gasteiger partial charge < -0.3 is 20.2 Å². The number of phenols is 1. The largest absolute Gasteiger partial charge is 0.508 e. The minimum atomic E-state index is -0.785. The van der Waals surface area contributed by atoms with Gasteiger partial charge in [-0.2, -0.15) is 0 Å². The molecule has 1 aromatic heterocycles. The number of allylic oxidation sites excluding steroid dienone is 1. The lowest BCUT2D eigenvalue weighted by atomic mass is 9.90. The van der Waals surface area contributed by atoms with Gasteiger partial charge in [0.25, 0.3) is 0 Å². The van der Waals surface area contributed by atoms with Crippen molar-refractivity contribution in [1.29, 1.82) is 0 Å². The molecule has 1 aliphatic rings. The van der Waals surface area contributed by atoms with E-state index in [0.29, 0.717) is 16.6 Å². The molecule has 140 valence electrons. The molecule has 0 bridgehead atoms. The summed E-state index contributed by atoms with van der Waals surface area (Å²) in [5.74, 6) is -0.568. The number of carbonyl (C=O) groups excluding carboxylic acids is 2. The van der Waals surface area contributed by atoms with Crippen molar-refractivity contribution in [3.05, 3.63) is 87.4 Å². The summed E-state index contributed by atoms with van der Waals surface area (Å²) in [7, 11) is 0. The zero-order chi connectivity index (χ0) is 19.8. The maximum absolute atomic E-state index is 13.3. The molecule has 0 fully saturated rings. The van der Waals surface area contributed by atoms with E-state index in [1.807, 2.05) is 6.07 Å². The van der Waals surface area contributed by atoms with Gasteiger partial charge in [-0.25, -0.2) is 9.59 Å². The Morgan fingerprint density at radius 3 is 2.57 bits per heavy atom. The van der Waals surface area contributed by atoms with E-state index in [9.17, 15) is 19.5 Å². The Bertz CT molecular complexity index is 1190. The number of carbonyl (C=O) groups is 2. The van der Waals surface area contributed by atoms with Crippen molar-refractivity contribution in [2.45, 2.75) is 13.0 Å². The molecule has 2 amide bonds. The van der Waals surface area contributed by atoms with E-state index in [1.165, 1.54) is 24.3 Å². The summed E-state index contributed by atoms with van der Waals surface area (Å²) in [5, 5.41) is 15.4. The first-order valence-corrected chi connectivity index (χ1v) is 8.59. The summed E-state index contributed by atoms with van der Waals surface area (Å²) in [6.45, 7) is 1.61. The average Bonchev–Trinajstić information content (AvgIpc) is 2.67. The van der Waals surface area contributed by atoms with Crippen LogP contribution in [0.25, 0.3) is 11.0 Å². The summed E-state index contributed by atoms with van der Waals surface area (Å²) in [4.78, 5) is 37.7. The van der Waals surface area contributed by atoms with Crippen LogP contribution in [-0.4, -0.2) is 16.9 Å². The summed E-state index contributed by atoms with van der Waals surface area (Å²) in [5.41, 5.74) is 0.622. The molecule has 7 heteroatoms. The highest BCUT2D eigenvalue weighted by Crippen LogP contribution is 2.29. The lowest BCUT2D eigenvalue weighted by molar-refractivity contribution is 0.102. The van der Waals surface area contributed by atoms with E-state index < -0.39 is 23.5 Å². The summed E-state index contributed by atoms with van der Waals surface area (Å²) >= 11 is 0. The molecule has 0 saturated carbocycles. The SMILES string of the molecule is CC1=C(C(=O)c2cc3cc(O)ccc3oc2=O)C(c2ccccc2)NC(=O)N1. The van der Waals surface area contributed by atoms with Crippen molar-refractivity contribution in [1.82, 2.24) is 10.6 Å². The predicted octanol–water partition coefficient (Wildman–Crippen LogP) is 3.01. The second kappa shape index (κ2) is 6.70. The summed E-state index contributed by atoms with van der Waals surface area (Å²) < 4.78 is 5.24. The maximum atomic E-state index is 13.3. The van der Waals surface area contributed by atoms with Gasteiger partial charge in [-0.05, 0) is 36.8 Å². The molecule has 3 aromatic rings. The van der Waals surface area contributed by atoms with E-state index in [2.05, 4.69) is 10.6 Å². The average molecular weight is 376 g/mol. The zero-order valence-corrected chi connectivity index (χ0v) is 14.9. The number of amides is 2. The fourth-order valence-corrected chi connectivity index (χ4v) is 3.30. The third-order valence-corrected chi connectivity index (χ3v) is 4.61. The van der Waals surface area contributed by atoms with E-state index >= 15 is 0 Å².